The molecule has 0 fully saturated rings. The van der Waals surface area contributed by atoms with Gasteiger partial charge in [-0.1, -0.05) is 202 Å². The number of anilines is 3. The number of fused-ring (bicyclic) bond motifs is 14. The Balaban J connectivity index is 0.840. The molecular weight excluding hydrogens is 831 g/mol. The van der Waals surface area contributed by atoms with Gasteiger partial charge in [-0.15, -0.1) is 0 Å². The zero-order valence-corrected chi connectivity index (χ0v) is 38.6. The normalized spacial score (nSPS) is 13.9. The zero-order chi connectivity index (χ0) is 45.8. The number of benzene rings is 11. The summed E-state index contributed by atoms with van der Waals surface area (Å²) in [6, 6.07) is 92.8. The quantitative estimate of drug-likeness (QED) is 0.161. The predicted octanol–water partition coefficient (Wildman–Crippen LogP) is 18.0. The van der Waals surface area contributed by atoms with Gasteiger partial charge >= 0.3 is 0 Å². The standard InChI is InChI=1S/C68H47N/c1-67(2)64-41-49(48-25-26-50-42-66-60(40-51(50)39-48)57-21-11-14-24-63(57)68(66)61-22-12-9-19-55(61)56-20-10-13-23-62(56)68)31-37-58(64)59-38-36-54(43-65(59)67)69(52-32-27-46(28-33-52)44-15-5-3-6-16-44)53-34-29-47(30-35-53)45-17-7-4-8-18-45/h3-43H,1-2H3. The van der Waals surface area contributed by atoms with Crippen LogP contribution in [-0.4, -0.2) is 0 Å². The second-order valence-electron chi connectivity index (χ2n) is 19.6. The van der Waals surface area contributed by atoms with Gasteiger partial charge in [0.15, 0.2) is 0 Å². The van der Waals surface area contributed by atoms with E-state index in [4.69, 9.17) is 0 Å². The van der Waals surface area contributed by atoms with Gasteiger partial charge in [-0.3, -0.25) is 0 Å². The van der Waals surface area contributed by atoms with Gasteiger partial charge in [0.1, 0.15) is 0 Å². The minimum absolute atomic E-state index is 0.222. The summed E-state index contributed by atoms with van der Waals surface area (Å²) in [5, 5.41) is 2.53. The van der Waals surface area contributed by atoms with E-state index in [1.165, 1.54) is 111 Å². The molecule has 0 N–H and O–H groups in total. The highest BCUT2D eigenvalue weighted by molar-refractivity contribution is 6.01. The van der Waals surface area contributed by atoms with Gasteiger partial charge in [-0.05, 0) is 172 Å². The first-order valence-corrected chi connectivity index (χ1v) is 24.2. The molecule has 0 aliphatic heterocycles. The van der Waals surface area contributed by atoms with E-state index in [0.29, 0.717) is 0 Å². The molecule has 1 spiro atoms. The first kappa shape index (κ1) is 39.6. The Labute approximate surface area is 404 Å². The Morgan fingerprint density at radius 2 is 0.652 bits per heavy atom. The molecule has 0 bridgehead atoms. The summed E-state index contributed by atoms with van der Waals surface area (Å²) in [5.74, 6) is 0. The molecule has 0 aromatic heterocycles. The van der Waals surface area contributed by atoms with Crippen molar-refractivity contribution in [3.05, 3.63) is 282 Å². The van der Waals surface area contributed by atoms with Crippen molar-refractivity contribution in [2.45, 2.75) is 24.7 Å². The van der Waals surface area contributed by atoms with Crippen LogP contribution in [0.3, 0.4) is 0 Å². The largest absolute Gasteiger partial charge is 0.310 e. The monoisotopic (exact) mass is 877 g/mol. The first-order valence-electron chi connectivity index (χ1n) is 24.2. The molecule has 14 rings (SSSR count). The maximum Gasteiger partial charge on any atom is 0.0725 e. The number of hydrogen-bond donors (Lipinski definition) is 0. The highest BCUT2D eigenvalue weighted by Crippen LogP contribution is 2.63. The summed E-state index contributed by atoms with van der Waals surface area (Å²) < 4.78 is 0. The summed E-state index contributed by atoms with van der Waals surface area (Å²) in [6.07, 6.45) is 0. The van der Waals surface area contributed by atoms with Crippen molar-refractivity contribution in [3.63, 3.8) is 0 Å². The van der Waals surface area contributed by atoms with Crippen LogP contribution in [0.4, 0.5) is 17.1 Å². The summed E-state index contributed by atoms with van der Waals surface area (Å²) in [7, 11) is 0. The van der Waals surface area contributed by atoms with Crippen molar-refractivity contribution in [2.24, 2.45) is 0 Å². The number of nitrogens with zero attached hydrogens (tertiary/aromatic N) is 1. The lowest BCUT2D eigenvalue weighted by atomic mass is 9.70. The predicted molar refractivity (Wildman–Crippen MR) is 289 cm³/mol. The van der Waals surface area contributed by atoms with E-state index < -0.39 is 0 Å². The highest BCUT2D eigenvalue weighted by Gasteiger charge is 2.51. The van der Waals surface area contributed by atoms with Gasteiger partial charge in [-0.25, -0.2) is 0 Å². The molecular formula is C68H47N. The van der Waals surface area contributed by atoms with Gasteiger partial charge in [0.25, 0.3) is 0 Å². The van der Waals surface area contributed by atoms with Crippen LogP contribution in [0.1, 0.15) is 47.2 Å². The molecule has 0 amide bonds. The van der Waals surface area contributed by atoms with Crippen molar-refractivity contribution in [1.29, 1.82) is 0 Å². The molecule has 0 unspecified atom stereocenters. The van der Waals surface area contributed by atoms with E-state index in [-0.39, 0.29) is 10.8 Å². The van der Waals surface area contributed by atoms with Gasteiger partial charge in [0, 0.05) is 22.5 Å². The average Bonchev–Trinajstić information content (AvgIpc) is 3.96. The second kappa shape index (κ2) is 15.0. The van der Waals surface area contributed by atoms with E-state index in [1.54, 1.807) is 0 Å². The SMILES string of the molecule is CC1(C)c2cc(-c3ccc4cc5c(cc4c3)-c3ccccc3C53c4ccccc4-c4ccccc43)ccc2-c2ccc(N(c3ccc(-c4ccccc4)cc3)c3ccc(-c4ccccc4)cc3)cc21. The molecule has 0 saturated carbocycles. The number of rotatable bonds is 6. The third-order valence-electron chi connectivity index (χ3n) is 15.7. The highest BCUT2D eigenvalue weighted by atomic mass is 15.1. The van der Waals surface area contributed by atoms with Gasteiger partial charge in [0.2, 0.25) is 0 Å². The Bertz CT molecular complexity index is 3710. The molecule has 0 heterocycles. The second-order valence-corrected chi connectivity index (χ2v) is 19.6. The smallest absolute Gasteiger partial charge is 0.0725 e. The summed E-state index contributed by atoms with van der Waals surface area (Å²) >= 11 is 0. The van der Waals surface area contributed by atoms with Crippen molar-refractivity contribution >= 4 is 27.8 Å². The van der Waals surface area contributed by atoms with Crippen LogP contribution < -0.4 is 4.90 Å². The van der Waals surface area contributed by atoms with Crippen LogP contribution in [-0.2, 0) is 10.8 Å². The Morgan fingerprint density at radius 3 is 1.22 bits per heavy atom. The molecule has 324 valence electrons. The lowest BCUT2D eigenvalue weighted by Crippen LogP contribution is -2.25. The minimum atomic E-state index is -0.344. The van der Waals surface area contributed by atoms with Crippen LogP contribution in [0.2, 0.25) is 0 Å². The summed E-state index contributed by atoms with van der Waals surface area (Å²) in [5.41, 5.74) is 26.3. The zero-order valence-electron chi connectivity index (χ0n) is 38.6. The minimum Gasteiger partial charge on any atom is -0.310 e. The van der Waals surface area contributed by atoms with Crippen LogP contribution in [0, 0.1) is 0 Å². The molecule has 0 saturated heterocycles. The van der Waals surface area contributed by atoms with E-state index >= 15 is 0 Å². The third kappa shape index (κ3) is 5.84. The molecule has 11 aromatic rings. The first-order chi connectivity index (χ1) is 33.9. The van der Waals surface area contributed by atoms with Crippen molar-refractivity contribution in [1.82, 2.24) is 0 Å². The molecule has 69 heavy (non-hydrogen) atoms. The van der Waals surface area contributed by atoms with Crippen molar-refractivity contribution in [3.8, 4) is 66.8 Å². The van der Waals surface area contributed by atoms with E-state index in [2.05, 4.69) is 267 Å². The Morgan fingerprint density at radius 1 is 0.246 bits per heavy atom. The topological polar surface area (TPSA) is 3.24 Å². The fourth-order valence-corrected chi connectivity index (χ4v) is 12.4. The van der Waals surface area contributed by atoms with E-state index in [0.717, 1.165) is 17.1 Å². The molecule has 3 aliphatic carbocycles. The van der Waals surface area contributed by atoms with Crippen LogP contribution in [0.5, 0.6) is 0 Å². The van der Waals surface area contributed by atoms with Crippen molar-refractivity contribution < 1.29 is 0 Å². The van der Waals surface area contributed by atoms with Crippen LogP contribution >= 0.6 is 0 Å². The summed E-state index contributed by atoms with van der Waals surface area (Å²) in [4.78, 5) is 2.41. The van der Waals surface area contributed by atoms with Gasteiger partial charge in [-0.2, -0.15) is 0 Å². The molecule has 1 heteroatoms. The van der Waals surface area contributed by atoms with Crippen LogP contribution in [0.15, 0.2) is 249 Å². The molecule has 11 aromatic carbocycles. The fraction of sp³-hybridized carbons (Fsp3) is 0.0588. The molecule has 3 aliphatic rings. The van der Waals surface area contributed by atoms with Crippen molar-refractivity contribution in [2.75, 3.05) is 4.90 Å². The average molecular weight is 878 g/mol. The Hall–Kier alpha value is -8.52. The maximum atomic E-state index is 2.49. The molecule has 0 radical (unpaired) electrons. The lowest BCUT2D eigenvalue weighted by molar-refractivity contribution is 0.660. The Kier molecular flexibility index (Phi) is 8.61. The number of hydrogen-bond acceptors (Lipinski definition) is 1. The third-order valence-corrected chi connectivity index (χ3v) is 15.7. The van der Waals surface area contributed by atoms with Gasteiger partial charge in [0.05, 0.1) is 5.41 Å². The van der Waals surface area contributed by atoms with E-state index in [9.17, 15) is 0 Å². The summed E-state index contributed by atoms with van der Waals surface area (Å²) in [6.45, 7) is 4.80. The van der Waals surface area contributed by atoms with E-state index in [1.807, 2.05) is 0 Å². The fourth-order valence-electron chi connectivity index (χ4n) is 12.4. The maximum absolute atomic E-state index is 2.49. The molecule has 1 nitrogen and oxygen atoms in total. The molecule has 0 atom stereocenters. The van der Waals surface area contributed by atoms with Gasteiger partial charge < -0.3 is 4.90 Å². The van der Waals surface area contributed by atoms with Crippen LogP contribution in [0.25, 0.3) is 77.5 Å². The lowest BCUT2D eigenvalue weighted by Gasteiger charge is -2.30.